The standard InChI is InChI=1S/C15H11NO2.C11H9NO2.C10H10N2O2S2.C7H8N2O3.C5H5NOS2/c1-3-9-7-8-12-13-10(9)5-4-6-11(13)14(17)16(2)15(12)18;1-3-7-4-5-8-9(6-7)11(14)12(2)10(8)13;1-5-8(13)12(4)10(15-5)7-9(14)11(3)6(2)16-7;1-4-5(10)8(2)7(12)9(3)6(4)11;1-3-4(7)6(2)5(8)9-3/h3-8H,1H2,2H3;3-6H,1H2,2H3;1-2H2,3-4H3;1H2,2-3H3;1H2,2H3/b;;10-7+;;. The summed E-state index contributed by atoms with van der Waals surface area (Å²) in [7, 11) is 10.6. The normalized spacial score (nSPS) is 15.6. The van der Waals surface area contributed by atoms with Crippen molar-refractivity contribution >= 4 is 134 Å². The molecule has 3 aromatic carbocycles. The van der Waals surface area contributed by atoms with E-state index >= 15 is 0 Å². The summed E-state index contributed by atoms with van der Waals surface area (Å²) < 4.78 is 5.84. The third-order valence-corrected chi connectivity index (χ3v) is 14.5. The Kier molecular flexibility index (Phi) is 15.6. The molecule has 21 heteroatoms. The summed E-state index contributed by atoms with van der Waals surface area (Å²) in [5.74, 6) is -2.33. The Balaban J connectivity index is 0.000000164. The molecule has 0 N–H and O–H groups in total. The van der Waals surface area contributed by atoms with Gasteiger partial charge >= 0.3 is 6.03 Å². The largest absolute Gasteiger partial charge is 0.333 e. The van der Waals surface area contributed by atoms with Crippen LogP contribution in [0.5, 0.6) is 0 Å². The first kappa shape index (κ1) is 52.3. The fraction of sp³-hybridized carbons (Fsp3) is 0.146. The number of aromatic nitrogens is 2. The monoisotopic (exact) mass is 1010 g/mol. The van der Waals surface area contributed by atoms with Gasteiger partial charge in [-0.2, -0.15) is 0 Å². The van der Waals surface area contributed by atoms with Crippen LogP contribution in [0, 0.1) is 9.20 Å². The zero-order valence-electron chi connectivity index (χ0n) is 38.4. The van der Waals surface area contributed by atoms with Gasteiger partial charge in [0.25, 0.3) is 52.5 Å². The van der Waals surface area contributed by atoms with Gasteiger partial charge in [-0.1, -0.05) is 99.9 Å². The van der Waals surface area contributed by atoms with Crippen molar-refractivity contribution < 1.29 is 38.4 Å². The van der Waals surface area contributed by atoms with E-state index in [-0.39, 0.29) is 46.2 Å². The number of hydrogen-bond donors (Lipinski definition) is 0. The molecule has 0 bridgehead atoms. The molecule has 9 amide bonds. The van der Waals surface area contributed by atoms with E-state index in [1.54, 1.807) is 63.6 Å². The Hall–Kier alpha value is -7.72. The van der Waals surface area contributed by atoms with Crippen molar-refractivity contribution in [3.05, 3.63) is 158 Å². The van der Waals surface area contributed by atoms with Gasteiger partial charge in [-0.3, -0.25) is 67.7 Å². The second kappa shape index (κ2) is 20.7. The van der Waals surface area contributed by atoms with E-state index in [2.05, 4.69) is 39.5 Å². The van der Waals surface area contributed by atoms with Gasteiger partial charge in [-0.15, -0.1) is 22.7 Å². The van der Waals surface area contributed by atoms with Crippen molar-refractivity contribution in [1.82, 2.24) is 33.6 Å². The predicted molar refractivity (Wildman–Crippen MR) is 273 cm³/mol. The van der Waals surface area contributed by atoms with Crippen LogP contribution in [-0.2, 0) is 28.5 Å². The number of urea groups is 1. The number of fused-ring (bicyclic) bond motifs is 1. The lowest BCUT2D eigenvalue weighted by molar-refractivity contribution is -0.134. The van der Waals surface area contributed by atoms with Crippen LogP contribution in [0.4, 0.5) is 4.79 Å². The number of imide groups is 4. The maximum Gasteiger partial charge on any atom is 0.333 e. The highest BCUT2D eigenvalue weighted by Crippen LogP contribution is 2.32. The molecule has 6 heterocycles. The number of amides is 9. The van der Waals surface area contributed by atoms with Crippen molar-refractivity contribution in [1.29, 1.82) is 0 Å². The maximum absolute atomic E-state index is 12.1. The molecule has 0 atom stereocenters. The Morgan fingerprint density at radius 1 is 0.536 bits per heavy atom. The summed E-state index contributed by atoms with van der Waals surface area (Å²) in [6, 6.07) is 13.6. The van der Waals surface area contributed by atoms with Crippen LogP contribution >= 0.6 is 46.7 Å². The number of thioether (sulfide) groups is 1. The van der Waals surface area contributed by atoms with Gasteiger partial charge in [-0.25, -0.2) is 4.79 Å². The molecule has 2 fully saturated rings. The molecule has 17 nitrogen and oxygen atoms in total. The molecule has 354 valence electrons. The molecular formula is C48H43N7O10S4. The van der Waals surface area contributed by atoms with Gasteiger partial charge in [0.1, 0.15) is 13.5 Å². The topological polar surface area (TPSA) is 197 Å². The highest BCUT2D eigenvalue weighted by atomic mass is 32.2. The maximum atomic E-state index is 12.1. The van der Waals surface area contributed by atoms with E-state index in [1.165, 1.54) is 76.7 Å². The summed E-state index contributed by atoms with van der Waals surface area (Å²) in [4.78, 5) is 121. The number of thiocarbonyl (C=S) groups is 1. The smallest absolute Gasteiger partial charge is 0.302 e. The number of benzene rings is 3. The van der Waals surface area contributed by atoms with Gasteiger partial charge < -0.3 is 9.13 Å². The number of rotatable bonds is 2. The molecule has 69 heavy (non-hydrogen) atoms. The van der Waals surface area contributed by atoms with E-state index < -0.39 is 17.8 Å². The van der Waals surface area contributed by atoms with Crippen molar-refractivity contribution in [2.45, 2.75) is 0 Å². The molecule has 9 rings (SSSR count). The average molecular weight is 1010 g/mol. The summed E-state index contributed by atoms with van der Waals surface area (Å²) in [5, 5.41) is 1.64. The van der Waals surface area contributed by atoms with Crippen LogP contribution < -0.4 is 20.3 Å². The molecule has 0 aliphatic carbocycles. The van der Waals surface area contributed by atoms with Crippen molar-refractivity contribution in [3.8, 4) is 0 Å². The summed E-state index contributed by atoms with van der Waals surface area (Å²) in [5.41, 5.74) is 3.42. The second-order valence-corrected chi connectivity index (χ2v) is 18.9. The summed E-state index contributed by atoms with van der Waals surface area (Å²) in [6.45, 7) is 21.6. The van der Waals surface area contributed by atoms with Crippen LogP contribution in [0.3, 0.4) is 0 Å². The average Bonchev–Trinajstić information content (AvgIpc) is 3.93. The molecule has 0 saturated carbocycles. The van der Waals surface area contributed by atoms with Crippen LogP contribution in [0.2, 0.25) is 0 Å². The van der Waals surface area contributed by atoms with E-state index in [0.717, 1.165) is 41.5 Å². The number of barbiturate groups is 1. The number of carbonyl (C=O) groups excluding carboxylic acids is 8. The SMILES string of the molecule is C=C1C(=O)N(C)C(=O)N(C)C1=O.C=C1SC(=S)N(C)C1=O.C=Cc1ccc2c(c1)C(=O)N(C)C2=O.C=Cc1ccc2c3c(cccc13)C(=O)N(C)C2=O.C=c1s/c(=c2/sc(=C)n(C)c2=O)n(C)c1=O. The third-order valence-electron chi connectivity index (χ3n) is 10.8. The van der Waals surface area contributed by atoms with Gasteiger partial charge in [0.2, 0.25) is 0 Å². The quantitative estimate of drug-likeness (QED) is 0.106. The first-order chi connectivity index (χ1) is 32.3. The Bertz CT molecular complexity index is 3480. The van der Waals surface area contributed by atoms with Crippen molar-refractivity contribution in [2.75, 3.05) is 35.2 Å². The van der Waals surface area contributed by atoms with Crippen molar-refractivity contribution in [2.24, 2.45) is 14.1 Å². The lowest BCUT2D eigenvalue weighted by atomic mass is 9.91. The number of carbonyl (C=O) groups is 8. The highest BCUT2D eigenvalue weighted by Gasteiger charge is 2.37. The zero-order valence-corrected chi connectivity index (χ0v) is 41.6. The molecule has 2 aromatic heterocycles. The van der Waals surface area contributed by atoms with Crippen molar-refractivity contribution in [3.63, 3.8) is 0 Å². The molecule has 0 radical (unpaired) electrons. The molecule has 5 aromatic rings. The van der Waals surface area contributed by atoms with E-state index in [4.69, 9.17) is 12.2 Å². The van der Waals surface area contributed by atoms with Gasteiger partial charge in [0.05, 0.1) is 30.8 Å². The number of nitrogens with zero attached hydrogens (tertiary/aromatic N) is 7. The lowest BCUT2D eigenvalue weighted by Crippen LogP contribution is -2.52. The Morgan fingerprint density at radius 3 is 1.52 bits per heavy atom. The minimum atomic E-state index is -0.636. The van der Waals surface area contributed by atoms with E-state index in [1.807, 2.05) is 18.2 Å². The van der Waals surface area contributed by atoms with Gasteiger partial charge in [0, 0.05) is 65.8 Å². The Labute approximate surface area is 411 Å². The summed E-state index contributed by atoms with van der Waals surface area (Å²) in [6.07, 6.45) is 3.38. The predicted octanol–water partition coefficient (Wildman–Crippen LogP) is 4.16. The zero-order chi connectivity index (χ0) is 51.7. The fourth-order valence-corrected chi connectivity index (χ4v) is 9.69. The minimum Gasteiger partial charge on any atom is -0.302 e. The third kappa shape index (κ3) is 9.84. The number of likely N-dealkylation sites (N-methyl/N-ethyl adjacent to an activating group) is 3. The van der Waals surface area contributed by atoms with Crippen LogP contribution in [0.1, 0.15) is 52.6 Å². The van der Waals surface area contributed by atoms with Crippen LogP contribution in [0.25, 0.3) is 36.1 Å². The van der Waals surface area contributed by atoms with E-state index in [9.17, 15) is 47.9 Å². The van der Waals surface area contributed by atoms with Crippen LogP contribution in [0.15, 0.2) is 94.9 Å². The fourth-order valence-electron chi connectivity index (χ4n) is 6.64. The summed E-state index contributed by atoms with van der Waals surface area (Å²) >= 11 is 8.58. The second-order valence-electron chi connectivity index (χ2n) is 15.0. The van der Waals surface area contributed by atoms with Gasteiger partial charge in [0.15, 0.2) is 0 Å². The first-order valence-corrected chi connectivity index (χ1v) is 22.8. The molecule has 0 spiro atoms. The molecule has 4 aliphatic heterocycles. The molecule has 4 aliphatic rings. The highest BCUT2D eigenvalue weighted by molar-refractivity contribution is 8.26. The van der Waals surface area contributed by atoms with Crippen LogP contribution in [-0.4, -0.2) is 121 Å². The van der Waals surface area contributed by atoms with Gasteiger partial charge in [-0.05, 0) is 40.8 Å². The molecule has 0 unspecified atom stereocenters. The minimum absolute atomic E-state index is 0.0787. The number of hydrogen-bond acceptors (Lipinski definition) is 14. The Morgan fingerprint density at radius 2 is 1.07 bits per heavy atom. The lowest BCUT2D eigenvalue weighted by Gasteiger charge is -2.28. The first-order valence-electron chi connectivity index (χ1n) is 19.9. The molecular weight excluding hydrogens is 963 g/mol. The molecule has 2 saturated heterocycles. The van der Waals surface area contributed by atoms with E-state index in [0.29, 0.717) is 49.9 Å². The number of thiazole rings is 2.